The molecule has 4 aromatic rings. The third kappa shape index (κ3) is 4.15. The van der Waals surface area contributed by atoms with Gasteiger partial charge in [-0.05, 0) is 106 Å². The maximum Gasteiger partial charge on any atom is 0.354 e. The van der Waals surface area contributed by atoms with E-state index in [0.717, 1.165) is 68.3 Å². The number of benzene rings is 1. The molecule has 8 nitrogen and oxygen atoms in total. The first kappa shape index (κ1) is 26.8. The topological polar surface area (TPSA) is 106 Å². The van der Waals surface area contributed by atoms with Crippen molar-refractivity contribution in [2.24, 2.45) is 11.8 Å². The van der Waals surface area contributed by atoms with Crippen LogP contribution in [0.4, 0.5) is 4.39 Å². The highest BCUT2D eigenvalue weighted by Gasteiger charge is 2.53. The molecule has 2 bridgehead atoms. The van der Waals surface area contributed by atoms with Crippen LogP contribution in [-0.2, 0) is 0 Å². The van der Waals surface area contributed by atoms with Crippen LogP contribution in [0.5, 0.6) is 5.75 Å². The highest BCUT2D eigenvalue weighted by atomic mass is 35.5. The Balaban J connectivity index is 1.24. The van der Waals surface area contributed by atoms with Gasteiger partial charge in [0.2, 0.25) is 0 Å². The van der Waals surface area contributed by atoms with Crippen molar-refractivity contribution < 1.29 is 9.50 Å². The number of aromatic hydroxyl groups is 1. The van der Waals surface area contributed by atoms with Crippen molar-refractivity contribution in [2.45, 2.75) is 100.0 Å². The predicted octanol–water partition coefficient (Wildman–Crippen LogP) is 6.61. The molecule has 230 valence electrons. The molecule has 4 aliphatic carbocycles. The maximum absolute atomic E-state index is 16.5. The third-order valence-corrected chi connectivity index (χ3v) is 11.8. The smallest absolute Gasteiger partial charge is 0.354 e. The minimum atomic E-state index is -0.505. The van der Waals surface area contributed by atoms with Crippen LogP contribution in [0.25, 0.3) is 28.0 Å². The van der Waals surface area contributed by atoms with E-state index < -0.39 is 11.5 Å². The quantitative estimate of drug-likeness (QED) is 0.249. The van der Waals surface area contributed by atoms with Crippen molar-refractivity contribution in [3.8, 4) is 22.7 Å². The summed E-state index contributed by atoms with van der Waals surface area (Å²) < 4.78 is 18.1. The number of rotatable bonds is 6. The van der Waals surface area contributed by atoms with E-state index in [9.17, 15) is 9.90 Å². The number of hydrogen-bond acceptors (Lipinski definition) is 7. The van der Waals surface area contributed by atoms with Gasteiger partial charge >= 0.3 is 5.69 Å². The second kappa shape index (κ2) is 9.55. The van der Waals surface area contributed by atoms with Crippen LogP contribution in [0.1, 0.15) is 111 Å². The summed E-state index contributed by atoms with van der Waals surface area (Å²) in [4.78, 5) is 33.6. The molecule has 5 heterocycles. The molecule has 5 atom stereocenters. The Morgan fingerprint density at radius 2 is 1.60 bits per heavy atom. The zero-order valence-corrected chi connectivity index (χ0v) is 25.6. The molecular formula is C35H34ClFN6O2. The molecule has 2 saturated heterocycles. The molecule has 4 unspecified atom stereocenters. The molecule has 0 amide bonds. The second-order valence-corrected chi connectivity index (χ2v) is 14.9. The van der Waals surface area contributed by atoms with Crippen molar-refractivity contribution in [1.29, 1.82) is 0 Å². The summed E-state index contributed by atoms with van der Waals surface area (Å²) in [5, 5.41) is 15.3. The zero-order valence-electron chi connectivity index (χ0n) is 24.8. The number of phenolic OH excluding ortho intramolecular Hbond substituents is 1. The van der Waals surface area contributed by atoms with Crippen LogP contribution in [0.15, 0.2) is 29.3 Å². The number of aromatic nitrogens is 5. The van der Waals surface area contributed by atoms with Crippen molar-refractivity contribution >= 4 is 22.6 Å². The van der Waals surface area contributed by atoms with Crippen LogP contribution in [0.2, 0.25) is 5.02 Å². The molecule has 0 spiro atoms. The van der Waals surface area contributed by atoms with E-state index in [1.165, 1.54) is 25.0 Å². The number of nitrogens with one attached hydrogen (secondary N) is 1. The van der Waals surface area contributed by atoms with E-state index in [1.807, 2.05) is 0 Å². The second-order valence-electron chi connectivity index (χ2n) is 14.5. The number of fused-ring (bicyclic) bond motifs is 5. The first-order chi connectivity index (χ1) is 21.9. The van der Waals surface area contributed by atoms with Gasteiger partial charge in [-0.1, -0.05) is 11.6 Å². The first-order valence-electron chi connectivity index (χ1n) is 16.7. The van der Waals surface area contributed by atoms with Gasteiger partial charge < -0.3 is 10.4 Å². The largest absolute Gasteiger partial charge is 0.508 e. The summed E-state index contributed by atoms with van der Waals surface area (Å²) in [6, 6.07) is 5.63. The number of phenols is 1. The Morgan fingerprint density at radius 3 is 2.31 bits per heavy atom. The summed E-state index contributed by atoms with van der Waals surface area (Å²) in [6.07, 6.45) is 11.9. The minimum absolute atomic E-state index is 0.0435. The molecule has 1 aromatic carbocycles. The fourth-order valence-electron chi connectivity index (χ4n) is 8.91. The van der Waals surface area contributed by atoms with Crippen LogP contribution in [0, 0.1) is 17.7 Å². The van der Waals surface area contributed by atoms with Gasteiger partial charge in [0.05, 0.1) is 22.8 Å². The Bertz CT molecular complexity index is 1960. The molecule has 10 heteroatoms. The Labute approximate surface area is 264 Å². The molecule has 10 rings (SSSR count). The van der Waals surface area contributed by atoms with E-state index in [0.29, 0.717) is 56.9 Å². The molecule has 45 heavy (non-hydrogen) atoms. The summed E-state index contributed by atoms with van der Waals surface area (Å²) in [5.41, 5.74) is 4.43. The van der Waals surface area contributed by atoms with Gasteiger partial charge in [-0.2, -0.15) is 4.98 Å². The van der Waals surface area contributed by atoms with Gasteiger partial charge in [0.25, 0.3) is 0 Å². The van der Waals surface area contributed by atoms with Crippen LogP contribution in [-0.4, -0.2) is 41.7 Å². The number of nitrogens with zero attached hydrogens (tertiary/aromatic N) is 5. The standard InChI is InChI=1S/C35H34ClFN6O2/c36-25-11-19(44)10-23(28(25)15-1-2-15)32-26(37)13-24-31(22-12-21-20(22)9-18-7-8-27(21)40-18)42-35(45)43(34(24)41-32)33-29(16-3-4-16)38-14-39-30(33)17-5-6-17/h10-11,13-18,20-22,27,40,44H,1-9,12H2/t18?,20-,21?,22?,27?/m0/s1. The zero-order chi connectivity index (χ0) is 30.1. The Kier molecular flexibility index (Phi) is 5.68. The van der Waals surface area contributed by atoms with Crippen molar-refractivity contribution in [3.63, 3.8) is 0 Å². The fraction of sp³-hybridized carbons (Fsp3) is 0.514. The molecule has 6 aliphatic rings. The fourth-order valence-corrected chi connectivity index (χ4v) is 9.28. The Hall–Kier alpha value is -3.43. The van der Waals surface area contributed by atoms with Crippen LogP contribution >= 0.6 is 11.6 Å². The van der Waals surface area contributed by atoms with E-state index in [4.69, 9.17) is 31.5 Å². The van der Waals surface area contributed by atoms with Crippen molar-refractivity contribution in [3.05, 3.63) is 68.5 Å². The third-order valence-electron chi connectivity index (χ3n) is 11.5. The SMILES string of the molecule is O=c1nc(C2CC3C4CCC(C[C@H]23)N4)c2cc(F)c(-c3cc(O)cc(Cl)c3C3CC3)nc2n1-c1c(C2CC2)ncnc1C1CC1. The molecule has 0 radical (unpaired) electrons. The number of halogens is 2. The van der Waals surface area contributed by atoms with Gasteiger partial charge in [-0.15, -0.1) is 0 Å². The van der Waals surface area contributed by atoms with E-state index in [2.05, 4.69) is 5.32 Å². The predicted molar refractivity (Wildman–Crippen MR) is 168 cm³/mol. The van der Waals surface area contributed by atoms with Gasteiger partial charge in [-0.3, -0.25) is 0 Å². The lowest BCUT2D eigenvalue weighted by Crippen LogP contribution is -2.53. The number of pyridine rings is 1. The summed E-state index contributed by atoms with van der Waals surface area (Å²) in [7, 11) is 0. The molecule has 4 saturated carbocycles. The van der Waals surface area contributed by atoms with Crippen LogP contribution < -0.4 is 11.0 Å². The lowest BCUT2D eigenvalue weighted by Gasteiger charge is -2.51. The first-order valence-corrected chi connectivity index (χ1v) is 17.1. The van der Waals surface area contributed by atoms with E-state index >= 15 is 4.39 Å². The van der Waals surface area contributed by atoms with E-state index in [1.54, 1.807) is 17.0 Å². The lowest BCUT2D eigenvalue weighted by molar-refractivity contribution is 0.0529. The summed E-state index contributed by atoms with van der Waals surface area (Å²) >= 11 is 6.66. The normalized spacial score (nSPS) is 28.7. The van der Waals surface area contributed by atoms with Crippen molar-refractivity contribution in [2.75, 3.05) is 0 Å². The molecule has 6 fully saturated rings. The lowest BCUT2D eigenvalue weighted by atomic mass is 9.58. The van der Waals surface area contributed by atoms with Gasteiger partial charge in [0.15, 0.2) is 5.65 Å². The van der Waals surface area contributed by atoms with E-state index in [-0.39, 0.29) is 35.1 Å². The van der Waals surface area contributed by atoms with Crippen molar-refractivity contribution in [1.82, 2.24) is 29.8 Å². The number of hydrogen-bond donors (Lipinski definition) is 2. The average Bonchev–Trinajstić information content (AvgIpc) is 3.86. The number of piperidine rings is 1. The maximum atomic E-state index is 16.5. The summed E-state index contributed by atoms with van der Waals surface area (Å²) in [5.74, 6) is 1.23. The van der Waals surface area contributed by atoms with Gasteiger partial charge in [-0.25, -0.2) is 28.7 Å². The molecule has 3 aromatic heterocycles. The highest BCUT2D eigenvalue weighted by Crippen LogP contribution is 2.57. The summed E-state index contributed by atoms with van der Waals surface area (Å²) in [6.45, 7) is 0. The molecule has 2 aliphatic heterocycles. The monoisotopic (exact) mass is 624 g/mol. The molecular weight excluding hydrogens is 591 g/mol. The Morgan fingerprint density at radius 1 is 0.867 bits per heavy atom. The van der Waals surface area contributed by atoms with Crippen LogP contribution in [0.3, 0.4) is 0 Å². The average molecular weight is 625 g/mol. The highest BCUT2D eigenvalue weighted by molar-refractivity contribution is 6.32. The molecule has 2 N–H and O–H groups in total. The minimum Gasteiger partial charge on any atom is -0.508 e. The van der Waals surface area contributed by atoms with Gasteiger partial charge in [0, 0.05) is 45.8 Å². The van der Waals surface area contributed by atoms with Gasteiger partial charge in [0.1, 0.15) is 23.6 Å².